The summed E-state index contributed by atoms with van der Waals surface area (Å²) in [5, 5.41) is 0. The standard InChI is InChI=1S/C5H12O3Si.H2O/c1-5-9(6-2,7-3)8-4;/h5H,1H2,2-4H3;1H2. The van der Waals surface area contributed by atoms with E-state index in [-0.39, 0.29) is 5.48 Å². The first-order valence-electron chi connectivity index (χ1n) is 2.53. The molecule has 0 spiro atoms. The Hall–Kier alpha value is -0.203. The molecular weight excluding hydrogens is 152 g/mol. The van der Waals surface area contributed by atoms with Crippen LogP contribution in [0.25, 0.3) is 0 Å². The average molecular weight is 166 g/mol. The van der Waals surface area contributed by atoms with Crippen LogP contribution in [0.5, 0.6) is 0 Å². The fraction of sp³-hybridized carbons (Fsp3) is 0.600. The molecule has 0 aromatic carbocycles. The molecule has 0 atom stereocenters. The lowest BCUT2D eigenvalue weighted by molar-refractivity contribution is 0.138. The normalized spacial score (nSPS) is 10.3. The predicted octanol–water partition coefficient (Wildman–Crippen LogP) is -0.235. The second-order valence-electron chi connectivity index (χ2n) is 1.42. The molecule has 0 heterocycles. The summed E-state index contributed by atoms with van der Waals surface area (Å²) in [6, 6.07) is 0. The average Bonchev–Trinajstić information content (AvgIpc) is 1.95. The van der Waals surface area contributed by atoms with E-state index in [9.17, 15) is 0 Å². The van der Waals surface area contributed by atoms with Gasteiger partial charge in [0, 0.05) is 21.3 Å². The molecule has 0 saturated heterocycles. The second-order valence-corrected chi connectivity index (χ2v) is 4.26. The van der Waals surface area contributed by atoms with Crippen LogP contribution in [0.1, 0.15) is 0 Å². The van der Waals surface area contributed by atoms with Gasteiger partial charge in [-0.3, -0.25) is 0 Å². The molecule has 0 saturated carbocycles. The van der Waals surface area contributed by atoms with Gasteiger partial charge in [-0.15, -0.1) is 0 Å². The fourth-order valence-electron chi connectivity index (χ4n) is 0.500. The Morgan fingerprint density at radius 1 is 1.10 bits per heavy atom. The highest BCUT2D eigenvalue weighted by atomic mass is 28.4. The zero-order valence-corrected chi connectivity index (χ0v) is 7.51. The van der Waals surface area contributed by atoms with Crippen LogP contribution in [0, 0.1) is 0 Å². The molecule has 0 rings (SSSR count). The van der Waals surface area contributed by atoms with Crippen LogP contribution in [0.3, 0.4) is 0 Å². The summed E-state index contributed by atoms with van der Waals surface area (Å²) < 4.78 is 14.9. The highest BCUT2D eigenvalue weighted by Crippen LogP contribution is 2.04. The van der Waals surface area contributed by atoms with Crippen molar-refractivity contribution in [1.82, 2.24) is 0 Å². The summed E-state index contributed by atoms with van der Waals surface area (Å²) in [6.45, 7) is 3.53. The Kier molecular flexibility index (Phi) is 6.95. The highest BCUT2D eigenvalue weighted by molar-refractivity contribution is 6.66. The van der Waals surface area contributed by atoms with Crippen LogP contribution in [-0.4, -0.2) is 35.6 Å². The molecule has 4 nitrogen and oxygen atoms in total. The van der Waals surface area contributed by atoms with Gasteiger partial charge in [-0.2, -0.15) is 0 Å². The number of hydrogen-bond acceptors (Lipinski definition) is 3. The maximum atomic E-state index is 4.96. The van der Waals surface area contributed by atoms with E-state index in [0.717, 1.165) is 0 Å². The minimum Gasteiger partial charge on any atom is -0.412 e. The molecule has 0 fully saturated rings. The van der Waals surface area contributed by atoms with E-state index in [1.54, 1.807) is 27.0 Å². The van der Waals surface area contributed by atoms with Crippen molar-refractivity contribution in [3.8, 4) is 0 Å². The van der Waals surface area contributed by atoms with Gasteiger partial charge in [0.15, 0.2) is 0 Å². The minimum absolute atomic E-state index is 0. The summed E-state index contributed by atoms with van der Waals surface area (Å²) in [7, 11) is 2.20. The zero-order valence-electron chi connectivity index (χ0n) is 6.51. The van der Waals surface area contributed by atoms with Gasteiger partial charge >= 0.3 is 8.80 Å². The van der Waals surface area contributed by atoms with Crippen LogP contribution in [-0.2, 0) is 13.3 Å². The van der Waals surface area contributed by atoms with Crippen molar-refractivity contribution in [3.63, 3.8) is 0 Å². The van der Waals surface area contributed by atoms with Crippen molar-refractivity contribution in [2.75, 3.05) is 21.3 Å². The van der Waals surface area contributed by atoms with Gasteiger partial charge in [0.25, 0.3) is 0 Å². The quantitative estimate of drug-likeness (QED) is 0.542. The summed E-state index contributed by atoms with van der Waals surface area (Å²) >= 11 is 0. The van der Waals surface area contributed by atoms with Gasteiger partial charge in [-0.25, -0.2) is 0 Å². The smallest absolute Gasteiger partial charge is 0.412 e. The first kappa shape index (κ1) is 12.5. The van der Waals surface area contributed by atoms with Crippen LogP contribution < -0.4 is 0 Å². The van der Waals surface area contributed by atoms with Crippen molar-refractivity contribution in [2.45, 2.75) is 0 Å². The van der Waals surface area contributed by atoms with Crippen molar-refractivity contribution in [1.29, 1.82) is 0 Å². The maximum Gasteiger partial charge on any atom is 0.528 e. The Morgan fingerprint density at radius 3 is 1.40 bits per heavy atom. The first-order valence-corrected chi connectivity index (χ1v) is 4.34. The second kappa shape index (κ2) is 5.57. The van der Waals surface area contributed by atoms with E-state index < -0.39 is 8.80 Å². The van der Waals surface area contributed by atoms with Gasteiger partial charge in [0.05, 0.1) is 0 Å². The molecule has 0 aliphatic heterocycles. The lowest BCUT2D eigenvalue weighted by Gasteiger charge is -2.19. The van der Waals surface area contributed by atoms with Gasteiger partial charge in [0.1, 0.15) is 0 Å². The third-order valence-corrected chi connectivity index (χ3v) is 3.31. The molecule has 0 radical (unpaired) electrons. The van der Waals surface area contributed by atoms with Crippen LogP contribution in [0.2, 0.25) is 0 Å². The monoisotopic (exact) mass is 166 g/mol. The van der Waals surface area contributed by atoms with Crippen LogP contribution in [0.15, 0.2) is 12.3 Å². The van der Waals surface area contributed by atoms with Crippen molar-refractivity contribution >= 4 is 8.80 Å². The third-order valence-electron chi connectivity index (χ3n) is 1.10. The number of rotatable bonds is 4. The van der Waals surface area contributed by atoms with Crippen LogP contribution in [0.4, 0.5) is 0 Å². The number of hydrogen-bond donors (Lipinski definition) is 0. The SMILES string of the molecule is C=C[Si](OC)(OC)OC.O. The van der Waals surface area contributed by atoms with E-state index in [2.05, 4.69) is 6.58 Å². The van der Waals surface area contributed by atoms with Gasteiger partial charge in [-0.1, -0.05) is 6.58 Å². The molecule has 0 unspecified atom stereocenters. The molecule has 2 N–H and O–H groups in total. The van der Waals surface area contributed by atoms with E-state index >= 15 is 0 Å². The van der Waals surface area contributed by atoms with Crippen molar-refractivity contribution < 1.29 is 18.8 Å². The molecular formula is C5H14O4Si. The topological polar surface area (TPSA) is 59.2 Å². The van der Waals surface area contributed by atoms with E-state index in [1.165, 1.54) is 0 Å². The molecule has 5 heteroatoms. The third kappa shape index (κ3) is 2.59. The molecule has 10 heavy (non-hydrogen) atoms. The molecule has 0 amide bonds. The Balaban J connectivity index is 0. The summed E-state index contributed by atoms with van der Waals surface area (Å²) in [6.07, 6.45) is 0. The summed E-state index contributed by atoms with van der Waals surface area (Å²) in [5.74, 6) is 0. The molecule has 62 valence electrons. The molecule has 0 aromatic heterocycles. The minimum atomic E-state index is -2.43. The molecule has 0 bridgehead atoms. The van der Waals surface area contributed by atoms with E-state index in [4.69, 9.17) is 13.3 Å². The largest absolute Gasteiger partial charge is 0.528 e. The molecule has 0 aromatic rings. The molecule has 0 aliphatic carbocycles. The Bertz CT molecular complexity index is 83.4. The summed E-state index contributed by atoms with van der Waals surface area (Å²) in [4.78, 5) is 0. The maximum absolute atomic E-state index is 4.96. The highest BCUT2D eigenvalue weighted by Gasteiger charge is 2.33. The Labute approximate surface area is 62.1 Å². The van der Waals surface area contributed by atoms with E-state index in [1.807, 2.05) is 0 Å². The predicted molar refractivity (Wildman–Crippen MR) is 40.6 cm³/mol. The van der Waals surface area contributed by atoms with Crippen LogP contribution >= 0.6 is 0 Å². The van der Waals surface area contributed by atoms with E-state index in [0.29, 0.717) is 0 Å². The van der Waals surface area contributed by atoms with Crippen molar-refractivity contribution in [2.24, 2.45) is 0 Å². The van der Waals surface area contributed by atoms with Gasteiger partial charge in [-0.05, 0) is 5.70 Å². The van der Waals surface area contributed by atoms with Gasteiger partial charge < -0.3 is 18.8 Å². The van der Waals surface area contributed by atoms with Crippen molar-refractivity contribution in [3.05, 3.63) is 12.3 Å². The summed E-state index contributed by atoms with van der Waals surface area (Å²) in [5.41, 5.74) is 1.58. The zero-order chi connectivity index (χ0) is 7.33. The fourth-order valence-corrected chi connectivity index (χ4v) is 1.50. The van der Waals surface area contributed by atoms with Gasteiger partial charge in [0.2, 0.25) is 0 Å². The molecule has 0 aliphatic rings. The first-order chi connectivity index (χ1) is 4.24. The lowest BCUT2D eigenvalue weighted by Crippen LogP contribution is -2.40. The lowest BCUT2D eigenvalue weighted by atomic mass is 11.3. The Morgan fingerprint density at radius 2 is 1.40 bits per heavy atom.